The zero-order valence-electron chi connectivity index (χ0n) is 14.2. The summed E-state index contributed by atoms with van der Waals surface area (Å²) in [6, 6.07) is 19.8. The predicted octanol–water partition coefficient (Wildman–Crippen LogP) is 4.31. The fraction of sp³-hybridized carbons (Fsp3) is 0.200. The molecule has 6 heteroatoms. The molecule has 4 rings (SSSR count). The Morgan fingerprint density at radius 2 is 1.88 bits per heavy atom. The highest BCUT2D eigenvalue weighted by Gasteiger charge is 2.07. The highest BCUT2D eigenvalue weighted by Crippen LogP contribution is 2.22. The lowest BCUT2D eigenvalue weighted by Crippen LogP contribution is -2.17. The van der Waals surface area contributed by atoms with E-state index in [-0.39, 0.29) is 5.69 Å². The Morgan fingerprint density at radius 1 is 1.08 bits per heavy atom. The van der Waals surface area contributed by atoms with Crippen LogP contribution in [-0.4, -0.2) is 20.5 Å². The number of nitrogens with zero attached hydrogens (tertiary/aromatic N) is 2. The van der Waals surface area contributed by atoms with Gasteiger partial charge in [-0.1, -0.05) is 47.6 Å². The number of H-pyrrole nitrogens is 1. The lowest BCUT2D eigenvalue weighted by molar-refractivity contribution is 0.426. The van der Waals surface area contributed by atoms with Crippen molar-refractivity contribution >= 4 is 22.8 Å². The van der Waals surface area contributed by atoms with Gasteiger partial charge in [0.1, 0.15) is 0 Å². The van der Waals surface area contributed by atoms with Gasteiger partial charge in [0.15, 0.2) is 5.76 Å². The monoisotopic (exact) mass is 365 g/mol. The van der Waals surface area contributed by atoms with Crippen molar-refractivity contribution in [3.05, 3.63) is 76.8 Å². The van der Waals surface area contributed by atoms with E-state index in [2.05, 4.69) is 10.1 Å². The van der Waals surface area contributed by atoms with Crippen LogP contribution in [0.4, 0.5) is 0 Å². The number of hydrogen-bond acceptors (Lipinski definition) is 4. The molecule has 2 aromatic carbocycles. The Bertz CT molecular complexity index is 1050. The number of benzene rings is 2. The van der Waals surface area contributed by atoms with Gasteiger partial charge in [-0.15, -0.1) is 0 Å². The second-order valence-electron chi connectivity index (χ2n) is 6.05. The number of aromatic nitrogens is 3. The van der Waals surface area contributed by atoms with Gasteiger partial charge in [-0.3, -0.25) is 4.57 Å². The fourth-order valence-corrected chi connectivity index (χ4v) is 3.77. The Labute approximate surface area is 155 Å². The summed E-state index contributed by atoms with van der Waals surface area (Å²) in [6.45, 7) is 0.712. The number of rotatable bonds is 7. The average Bonchev–Trinajstić information content (AvgIpc) is 3.27. The number of aryl methyl sites for hydroxylation is 1. The molecular formula is C20H19N3O2S. The van der Waals surface area contributed by atoms with E-state index in [1.54, 1.807) is 16.3 Å². The molecule has 1 N–H and O–H groups in total. The highest BCUT2D eigenvalue weighted by atomic mass is 32.2. The molecule has 0 amide bonds. The molecule has 2 aromatic heterocycles. The van der Waals surface area contributed by atoms with Crippen molar-refractivity contribution in [3.8, 4) is 11.3 Å². The number of para-hydroxylation sites is 2. The maximum atomic E-state index is 12.0. The molecule has 0 saturated carbocycles. The van der Waals surface area contributed by atoms with Gasteiger partial charge in [0.2, 0.25) is 0 Å². The minimum Gasteiger partial charge on any atom is -0.356 e. The van der Waals surface area contributed by atoms with Gasteiger partial charge >= 0.3 is 5.69 Å². The van der Waals surface area contributed by atoms with Crippen molar-refractivity contribution in [2.75, 3.05) is 5.75 Å². The number of thioether (sulfide) groups is 1. The van der Waals surface area contributed by atoms with E-state index in [0.29, 0.717) is 6.54 Å². The van der Waals surface area contributed by atoms with Crippen LogP contribution in [0.2, 0.25) is 0 Å². The van der Waals surface area contributed by atoms with E-state index < -0.39 is 0 Å². The summed E-state index contributed by atoms with van der Waals surface area (Å²) in [5, 5.41) is 4.14. The fourth-order valence-electron chi connectivity index (χ4n) is 2.95. The lowest BCUT2D eigenvalue weighted by atomic mass is 10.2. The van der Waals surface area contributed by atoms with Gasteiger partial charge < -0.3 is 9.51 Å². The Kier molecular flexibility index (Phi) is 4.93. The zero-order chi connectivity index (χ0) is 17.8. The maximum Gasteiger partial charge on any atom is 0.326 e. The Morgan fingerprint density at radius 3 is 2.77 bits per heavy atom. The zero-order valence-corrected chi connectivity index (χ0v) is 15.0. The number of hydrogen-bond donors (Lipinski definition) is 1. The van der Waals surface area contributed by atoms with Gasteiger partial charge in [0.05, 0.1) is 16.7 Å². The molecule has 26 heavy (non-hydrogen) atoms. The normalized spacial score (nSPS) is 11.2. The Hall–Kier alpha value is -2.73. The molecule has 0 saturated heterocycles. The summed E-state index contributed by atoms with van der Waals surface area (Å²) in [5.74, 6) is 2.56. The summed E-state index contributed by atoms with van der Waals surface area (Å²) in [6.07, 6.45) is 0.926. The summed E-state index contributed by atoms with van der Waals surface area (Å²) < 4.78 is 7.22. The highest BCUT2D eigenvalue weighted by molar-refractivity contribution is 7.98. The van der Waals surface area contributed by atoms with E-state index in [1.807, 2.05) is 60.7 Å². The minimum atomic E-state index is -0.0415. The van der Waals surface area contributed by atoms with Crippen molar-refractivity contribution in [2.45, 2.75) is 18.7 Å². The lowest BCUT2D eigenvalue weighted by Gasteiger charge is -2.03. The molecule has 0 aliphatic rings. The standard InChI is InChI=1S/C20H19N3O2S/c24-20-21-17-9-4-5-10-18(17)23(20)11-6-12-26-14-16-13-19(25-22-16)15-7-2-1-3-8-15/h1-5,7-10,13H,6,11-12,14H2,(H,21,24). The first-order valence-corrected chi connectivity index (χ1v) is 9.73. The summed E-state index contributed by atoms with van der Waals surface area (Å²) >= 11 is 1.80. The van der Waals surface area contributed by atoms with Crippen molar-refractivity contribution in [1.82, 2.24) is 14.7 Å². The summed E-state index contributed by atoms with van der Waals surface area (Å²) in [7, 11) is 0. The van der Waals surface area contributed by atoms with Crippen LogP contribution in [0.25, 0.3) is 22.4 Å². The van der Waals surface area contributed by atoms with Crippen LogP contribution in [0.15, 0.2) is 70.0 Å². The van der Waals surface area contributed by atoms with Crippen LogP contribution in [-0.2, 0) is 12.3 Å². The first kappa shape index (κ1) is 16.7. The van der Waals surface area contributed by atoms with Crippen molar-refractivity contribution in [1.29, 1.82) is 0 Å². The van der Waals surface area contributed by atoms with Crippen LogP contribution < -0.4 is 5.69 Å². The number of fused-ring (bicyclic) bond motifs is 1. The van der Waals surface area contributed by atoms with Crippen LogP contribution in [0, 0.1) is 0 Å². The smallest absolute Gasteiger partial charge is 0.326 e. The van der Waals surface area contributed by atoms with Gasteiger partial charge in [-0.25, -0.2) is 4.79 Å². The summed E-state index contributed by atoms with van der Waals surface area (Å²) in [5.41, 5.74) is 3.79. The first-order valence-electron chi connectivity index (χ1n) is 8.57. The van der Waals surface area contributed by atoms with Gasteiger partial charge in [0.25, 0.3) is 0 Å². The third-order valence-corrected chi connectivity index (χ3v) is 5.30. The molecule has 0 fully saturated rings. The van der Waals surface area contributed by atoms with Crippen molar-refractivity contribution in [2.24, 2.45) is 0 Å². The van der Waals surface area contributed by atoms with E-state index in [1.165, 1.54) is 0 Å². The van der Waals surface area contributed by atoms with Gasteiger partial charge in [-0.2, -0.15) is 11.8 Å². The van der Waals surface area contributed by atoms with Crippen LogP contribution in [0.5, 0.6) is 0 Å². The van der Waals surface area contributed by atoms with Crippen molar-refractivity contribution < 1.29 is 4.52 Å². The molecule has 5 nitrogen and oxygen atoms in total. The molecule has 2 heterocycles. The largest absolute Gasteiger partial charge is 0.356 e. The molecular weight excluding hydrogens is 346 g/mol. The van der Waals surface area contributed by atoms with E-state index in [4.69, 9.17) is 4.52 Å². The molecule has 0 unspecified atom stereocenters. The van der Waals surface area contributed by atoms with E-state index >= 15 is 0 Å². The predicted molar refractivity (Wildman–Crippen MR) is 105 cm³/mol. The van der Waals surface area contributed by atoms with E-state index in [0.717, 1.165) is 46.0 Å². The molecule has 4 aromatic rings. The quantitative estimate of drug-likeness (QED) is 0.496. The SMILES string of the molecule is O=c1[nH]c2ccccc2n1CCCSCc1cc(-c2ccccc2)on1. The molecule has 0 radical (unpaired) electrons. The number of imidazole rings is 1. The second-order valence-corrected chi connectivity index (χ2v) is 7.16. The molecule has 0 spiro atoms. The van der Waals surface area contributed by atoms with Gasteiger partial charge in [0, 0.05) is 23.9 Å². The third-order valence-electron chi connectivity index (χ3n) is 4.22. The minimum absolute atomic E-state index is 0.0415. The maximum absolute atomic E-state index is 12.0. The van der Waals surface area contributed by atoms with Crippen LogP contribution in [0.3, 0.4) is 0 Å². The molecule has 132 valence electrons. The van der Waals surface area contributed by atoms with Gasteiger partial charge in [-0.05, 0) is 24.3 Å². The average molecular weight is 365 g/mol. The van der Waals surface area contributed by atoms with Crippen LogP contribution >= 0.6 is 11.8 Å². The number of aromatic amines is 1. The number of nitrogens with one attached hydrogen (secondary N) is 1. The third kappa shape index (κ3) is 3.60. The second kappa shape index (κ2) is 7.66. The first-order chi connectivity index (χ1) is 12.8. The summed E-state index contributed by atoms with van der Waals surface area (Å²) in [4.78, 5) is 14.9. The Balaban J connectivity index is 1.29. The molecule has 0 aliphatic carbocycles. The topological polar surface area (TPSA) is 63.8 Å². The van der Waals surface area contributed by atoms with Crippen LogP contribution in [0.1, 0.15) is 12.1 Å². The molecule has 0 bridgehead atoms. The van der Waals surface area contributed by atoms with E-state index in [9.17, 15) is 4.79 Å². The molecule has 0 atom stereocenters. The van der Waals surface area contributed by atoms with Crippen molar-refractivity contribution in [3.63, 3.8) is 0 Å². The molecule has 0 aliphatic heterocycles.